The molecular weight excluding hydrogens is 314 g/mol. The van der Waals surface area contributed by atoms with Crippen molar-refractivity contribution in [1.29, 1.82) is 0 Å². The van der Waals surface area contributed by atoms with Crippen molar-refractivity contribution < 1.29 is 9.53 Å². The van der Waals surface area contributed by atoms with Crippen LogP contribution in [0, 0.1) is 0 Å². The van der Waals surface area contributed by atoms with Crippen LogP contribution in [-0.2, 0) is 19.5 Å². The minimum absolute atomic E-state index is 0.0215. The summed E-state index contributed by atoms with van der Waals surface area (Å²) in [6.07, 6.45) is 0.825. The van der Waals surface area contributed by atoms with E-state index in [1.807, 2.05) is 47.4 Å². The summed E-state index contributed by atoms with van der Waals surface area (Å²) in [5, 5.41) is 4.15. The maximum atomic E-state index is 12.5. The summed E-state index contributed by atoms with van der Waals surface area (Å²) in [7, 11) is 1.68. The largest absolute Gasteiger partial charge is 0.495 e. The van der Waals surface area contributed by atoms with E-state index in [1.165, 1.54) is 11.3 Å². The molecule has 0 saturated carbocycles. The van der Waals surface area contributed by atoms with Gasteiger partial charge < -0.3 is 19.9 Å². The Morgan fingerprint density at radius 3 is 2.84 bits per heavy atom. The van der Waals surface area contributed by atoms with E-state index in [-0.39, 0.29) is 6.03 Å². The standard InChI is InChI=1S/C20H21N3O2/c1-25-18-9-5-8-15-16-13-23(11-10-17(16)22-19(15)18)20(24)21-12-14-6-3-2-4-7-14/h2-9,22H,10-13H2,1H3,(H,21,24). The van der Waals surface area contributed by atoms with Crippen molar-refractivity contribution in [3.05, 3.63) is 65.4 Å². The Labute approximate surface area is 146 Å². The quantitative estimate of drug-likeness (QED) is 0.770. The molecule has 0 atom stereocenters. The summed E-state index contributed by atoms with van der Waals surface area (Å²) >= 11 is 0. The third-order valence-corrected chi connectivity index (χ3v) is 4.77. The van der Waals surface area contributed by atoms with Gasteiger partial charge >= 0.3 is 6.03 Å². The SMILES string of the molecule is COc1cccc2c3c([nH]c12)CCN(C(=O)NCc1ccccc1)C3. The van der Waals surface area contributed by atoms with Crippen LogP contribution in [0.15, 0.2) is 48.5 Å². The summed E-state index contributed by atoms with van der Waals surface area (Å²) in [5.41, 5.74) is 4.51. The molecule has 0 bridgehead atoms. The van der Waals surface area contributed by atoms with Gasteiger partial charge in [-0.05, 0) is 11.6 Å². The first-order chi connectivity index (χ1) is 12.3. The van der Waals surface area contributed by atoms with Crippen molar-refractivity contribution >= 4 is 16.9 Å². The van der Waals surface area contributed by atoms with Gasteiger partial charge in [-0.25, -0.2) is 4.79 Å². The zero-order valence-electron chi connectivity index (χ0n) is 14.2. The summed E-state index contributed by atoms with van der Waals surface area (Å²) in [5.74, 6) is 0.840. The number of fused-ring (bicyclic) bond motifs is 3. The average molecular weight is 335 g/mol. The van der Waals surface area contributed by atoms with Crippen LogP contribution in [0.5, 0.6) is 5.75 Å². The molecule has 0 unspecified atom stereocenters. The van der Waals surface area contributed by atoms with Gasteiger partial charge in [0.15, 0.2) is 0 Å². The first kappa shape index (κ1) is 15.6. The van der Waals surface area contributed by atoms with Crippen LogP contribution in [0.2, 0.25) is 0 Å². The van der Waals surface area contributed by atoms with Gasteiger partial charge in [-0.3, -0.25) is 0 Å². The molecule has 5 nitrogen and oxygen atoms in total. The predicted molar refractivity (Wildman–Crippen MR) is 97.6 cm³/mol. The van der Waals surface area contributed by atoms with E-state index in [0.29, 0.717) is 19.6 Å². The smallest absolute Gasteiger partial charge is 0.317 e. The van der Waals surface area contributed by atoms with Gasteiger partial charge in [0, 0.05) is 42.7 Å². The van der Waals surface area contributed by atoms with Crippen LogP contribution in [0.1, 0.15) is 16.8 Å². The van der Waals surface area contributed by atoms with E-state index in [9.17, 15) is 4.79 Å². The van der Waals surface area contributed by atoms with E-state index < -0.39 is 0 Å². The molecule has 0 saturated heterocycles. The number of nitrogens with one attached hydrogen (secondary N) is 2. The monoisotopic (exact) mass is 335 g/mol. The van der Waals surface area contributed by atoms with Crippen molar-refractivity contribution in [2.45, 2.75) is 19.5 Å². The highest BCUT2D eigenvalue weighted by atomic mass is 16.5. The number of hydrogen-bond donors (Lipinski definition) is 2. The molecule has 3 aromatic rings. The van der Waals surface area contributed by atoms with E-state index in [2.05, 4.69) is 16.4 Å². The number of urea groups is 1. The highest BCUT2D eigenvalue weighted by Crippen LogP contribution is 2.32. The summed E-state index contributed by atoms with van der Waals surface area (Å²) in [6, 6.07) is 16.0. The fraction of sp³-hybridized carbons (Fsp3) is 0.250. The highest BCUT2D eigenvalue weighted by Gasteiger charge is 2.24. The Balaban J connectivity index is 1.51. The van der Waals surface area contributed by atoms with Crippen LogP contribution in [0.3, 0.4) is 0 Å². The van der Waals surface area contributed by atoms with Gasteiger partial charge in [0.05, 0.1) is 12.6 Å². The number of H-pyrrole nitrogens is 1. The number of hydrogen-bond acceptors (Lipinski definition) is 2. The number of para-hydroxylation sites is 1. The van der Waals surface area contributed by atoms with E-state index in [0.717, 1.165) is 28.6 Å². The molecule has 2 heterocycles. The third kappa shape index (κ3) is 2.93. The Kier molecular flexibility index (Phi) is 4.06. The lowest BCUT2D eigenvalue weighted by Gasteiger charge is -2.27. The number of carbonyl (C=O) groups is 1. The van der Waals surface area contributed by atoms with Gasteiger partial charge in [-0.15, -0.1) is 0 Å². The molecule has 2 amide bonds. The molecule has 0 fully saturated rings. The van der Waals surface area contributed by atoms with Crippen molar-refractivity contribution in [3.8, 4) is 5.75 Å². The number of benzene rings is 2. The maximum absolute atomic E-state index is 12.5. The van der Waals surface area contributed by atoms with Crippen LogP contribution in [0.25, 0.3) is 10.9 Å². The minimum atomic E-state index is -0.0215. The Hall–Kier alpha value is -2.95. The summed E-state index contributed by atoms with van der Waals surface area (Å²) < 4.78 is 5.44. The fourth-order valence-corrected chi connectivity index (χ4v) is 3.44. The molecule has 0 radical (unpaired) electrons. The highest BCUT2D eigenvalue weighted by molar-refractivity contribution is 5.90. The van der Waals surface area contributed by atoms with Crippen molar-refractivity contribution in [3.63, 3.8) is 0 Å². The first-order valence-corrected chi connectivity index (χ1v) is 8.49. The van der Waals surface area contributed by atoms with E-state index in [1.54, 1.807) is 7.11 Å². The number of rotatable bonds is 3. The van der Waals surface area contributed by atoms with Gasteiger partial charge in [-0.2, -0.15) is 0 Å². The zero-order valence-corrected chi connectivity index (χ0v) is 14.2. The molecule has 25 heavy (non-hydrogen) atoms. The van der Waals surface area contributed by atoms with Crippen LogP contribution >= 0.6 is 0 Å². The van der Waals surface area contributed by atoms with E-state index in [4.69, 9.17) is 4.74 Å². The topological polar surface area (TPSA) is 57.4 Å². The second kappa shape index (κ2) is 6.51. The maximum Gasteiger partial charge on any atom is 0.317 e. The number of amides is 2. The normalized spacial score (nSPS) is 13.6. The zero-order chi connectivity index (χ0) is 17.2. The number of carbonyl (C=O) groups excluding carboxylic acids is 1. The fourth-order valence-electron chi connectivity index (χ4n) is 3.44. The lowest BCUT2D eigenvalue weighted by Crippen LogP contribution is -2.42. The Morgan fingerprint density at radius 2 is 2.04 bits per heavy atom. The van der Waals surface area contributed by atoms with E-state index >= 15 is 0 Å². The minimum Gasteiger partial charge on any atom is -0.495 e. The van der Waals surface area contributed by atoms with Crippen molar-refractivity contribution in [2.24, 2.45) is 0 Å². The third-order valence-electron chi connectivity index (χ3n) is 4.77. The number of ether oxygens (including phenoxy) is 1. The molecule has 4 rings (SSSR count). The summed E-state index contributed by atoms with van der Waals surface area (Å²) in [4.78, 5) is 17.9. The van der Waals surface area contributed by atoms with Gasteiger partial charge in [0.25, 0.3) is 0 Å². The Morgan fingerprint density at radius 1 is 1.20 bits per heavy atom. The second-order valence-corrected chi connectivity index (χ2v) is 6.28. The molecule has 1 aliphatic heterocycles. The molecule has 128 valence electrons. The van der Waals surface area contributed by atoms with Crippen LogP contribution in [-0.4, -0.2) is 29.6 Å². The number of methoxy groups -OCH3 is 1. The first-order valence-electron chi connectivity index (χ1n) is 8.49. The number of nitrogens with zero attached hydrogens (tertiary/aromatic N) is 1. The molecule has 0 aliphatic carbocycles. The average Bonchev–Trinajstić information content (AvgIpc) is 3.05. The van der Waals surface area contributed by atoms with Crippen molar-refractivity contribution in [2.75, 3.05) is 13.7 Å². The van der Waals surface area contributed by atoms with Crippen LogP contribution < -0.4 is 10.1 Å². The van der Waals surface area contributed by atoms with Crippen molar-refractivity contribution in [1.82, 2.24) is 15.2 Å². The predicted octanol–water partition coefficient (Wildman–Crippen LogP) is 3.44. The van der Waals surface area contributed by atoms with Crippen LogP contribution in [0.4, 0.5) is 4.79 Å². The molecule has 2 N–H and O–H groups in total. The summed E-state index contributed by atoms with van der Waals surface area (Å²) in [6.45, 7) is 1.87. The van der Waals surface area contributed by atoms with Gasteiger partial charge in [0.1, 0.15) is 5.75 Å². The Bertz CT molecular complexity index is 902. The molecule has 1 aliphatic rings. The number of aromatic amines is 1. The second-order valence-electron chi connectivity index (χ2n) is 6.28. The molecule has 0 spiro atoms. The lowest BCUT2D eigenvalue weighted by atomic mass is 10.0. The van der Waals surface area contributed by atoms with Gasteiger partial charge in [0.2, 0.25) is 0 Å². The molecule has 2 aromatic carbocycles. The molecule has 5 heteroatoms. The molecule has 1 aromatic heterocycles. The van der Waals surface area contributed by atoms with Gasteiger partial charge in [-0.1, -0.05) is 42.5 Å². The lowest BCUT2D eigenvalue weighted by molar-refractivity contribution is 0.192. The number of aromatic nitrogens is 1. The molecular formula is C20H21N3O2.